The molecule has 0 radical (unpaired) electrons. The molecule has 6 rings (SSSR count). The van der Waals surface area contributed by atoms with Gasteiger partial charge >= 0.3 is 0 Å². The van der Waals surface area contributed by atoms with Gasteiger partial charge < -0.3 is 33.2 Å². The number of fused-ring (bicyclic) bond motifs is 1. The smallest absolute Gasteiger partial charge is 0.217 e. The van der Waals surface area contributed by atoms with Crippen LogP contribution in [0.15, 0.2) is 91.0 Å². The summed E-state index contributed by atoms with van der Waals surface area (Å²) in [4.78, 5) is 10.2. The van der Waals surface area contributed by atoms with Gasteiger partial charge in [0, 0.05) is 26.3 Å². The van der Waals surface area contributed by atoms with Crippen molar-refractivity contribution in [3.8, 4) is 62.9 Å². The first-order chi connectivity index (χ1) is 24.4. The lowest BCUT2D eigenvalue weighted by molar-refractivity contribution is 0.276. The van der Waals surface area contributed by atoms with Crippen LogP contribution in [0.1, 0.15) is 16.7 Å². The van der Waals surface area contributed by atoms with E-state index in [4.69, 9.17) is 43.1 Å². The fraction of sp³-hybridized carbons (Fsp3) is 0.200. The molecule has 0 amide bonds. The first kappa shape index (κ1) is 34.6. The van der Waals surface area contributed by atoms with Crippen LogP contribution in [0.5, 0.6) is 40.4 Å². The Morgan fingerprint density at radius 1 is 0.580 bits per heavy atom. The molecule has 256 valence electrons. The highest BCUT2D eigenvalue weighted by atomic mass is 127. The van der Waals surface area contributed by atoms with E-state index in [0.717, 1.165) is 36.8 Å². The molecule has 6 aromatic rings. The van der Waals surface area contributed by atoms with E-state index in [1.807, 2.05) is 91.9 Å². The molecule has 0 atom stereocenters. The minimum absolute atomic E-state index is 0.319. The van der Waals surface area contributed by atoms with E-state index >= 15 is 0 Å². The van der Waals surface area contributed by atoms with Crippen LogP contribution in [0.4, 0.5) is 0 Å². The Morgan fingerprint density at radius 3 is 1.80 bits per heavy atom. The molecule has 0 saturated carbocycles. The lowest BCUT2D eigenvalue weighted by Crippen LogP contribution is -2.07. The molecule has 50 heavy (non-hydrogen) atoms. The molecule has 0 N–H and O–H groups in total. The summed E-state index contributed by atoms with van der Waals surface area (Å²) in [6.07, 6.45) is 0. The van der Waals surface area contributed by atoms with E-state index < -0.39 is 0 Å². The first-order valence-corrected chi connectivity index (χ1v) is 16.9. The zero-order valence-electron chi connectivity index (χ0n) is 28.7. The Labute approximate surface area is 305 Å². The predicted molar refractivity (Wildman–Crippen MR) is 202 cm³/mol. The van der Waals surface area contributed by atoms with Gasteiger partial charge in [0.05, 0.1) is 46.6 Å². The number of aromatic nitrogens is 2. The van der Waals surface area contributed by atoms with Crippen LogP contribution in [0.25, 0.3) is 33.4 Å². The number of nitrogens with zero attached hydrogens (tertiary/aromatic N) is 2. The largest absolute Gasteiger partial charge is 0.494 e. The van der Waals surface area contributed by atoms with Crippen molar-refractivity contribution in [1.82, 2.24) is 9.97 Å². The van der Waals surface area contributed by atoms with E-state index in [0.29, 0.717) is 70.5 Å². The molecule has 0 unspecified atom stereocenters. The highest BCUT2D eigenvalue weighted by Crippen LogP contribution is 2.49. The zero-order valence-corrected chi connectivity index (χ0v) is 30.9. The van der Waals surface area contributed by atoms with Gasteiger partial charge in [0.2, 0.25) is 11.6 Å². The maximum atomic E-state index is 6.57. The molecular weight excluding hydrogens is 747 g/mol. The number of rotatable bonds is 13. The molecule has 0 fully saturated rings. The number of halogens is 1. The minimum atomic E-state index is 0.319. The number of hydrogen-bond donors (Lipinski definition) is 0. The monoisotopic (exact) mass is 784 g/mol. The molecule has 0 bridgehead atoms. The van der Waals surface area contributed by atoms with Crippen molar-refractivity contribution in [2.75, 3.05) is 35.5 Å². The van der Waals surface area contributed by atoms with E-state index in [1.54, 1.807) is 41.6 Å². The summed E-state index contributed by atoms with van der Waals surface area (Å²) in [5.74, 6) is 3.68. The quantitative estimate of drug-likeness (QED) is 0.106. The van der Waals surface area contributed by atoms with Gasteiger partial charge in [-0.15, -0.1) is 0 Å². The van der Waals surface area contributed by atoms with Gasteiger partial charge in [0.15, 0.2) is 23.0 Å². The maximum Gasteiger partial charge on any atom is 0.217 e. The van der Waals surface area contributed by atoms with E-state index in [9.17, 15) is 0 Å². The molecule has 0 aliphatic carbocycles. The van der Waals surface area contributed by atoms with Gasteiger partial charge in [-0.25, -0.2) is 9.97 Å². The number of hydrogen-bond acceptors (Lipinski definition) is 9. The number of ether oxygens (including phenoxy) is 7. The second-order valence-electron chi connectivity index (χ2n) is 11.2. The van der Waals surface area contributed by atoms with Crippen LogP contribution in [-0.4, -0.2) is 45.5 Å². The van der Waals surface area contributed by atoms with Crippen LogP contribution in [-0.2, 0) is 13.2 Å². The van der Waals surface area contributed by atoms with E-state index in [-0.39, 0.29) is 0 Å². The molecule has 2 aromatic heterocycles. The maximum absolute atomic E-state index is 6.57. The third-order valence-corrected chi connectivity index (χ3v) is 9.35. The lowest BCUT2D eigenvalue weighted by Gasteiger charge is -2.22. The van der Waals surface area contributed by atoms with Crippen LogP contribution >= 0.6 is 22.6 Å². The molecule has 9 nitrogen and oxygen atoms in total. The molecule has 0 saturated heterocycles. The standard InChI is InChI=1S/C40H37IN2O7/c1-24-33(27-18-20-30(44-2)39(48-6)38(27)49-22-25-13-9-7-10-14-25)34(41)36(43-40(24)50-23-26-15-11-8-12-16-26)29-19-17-28-35(42-29)31(45-3)21-32(46-4)37(28)47-5/h7-21H,22-23H2,1-6H3. The molecule has 0 aliphatic heterocycles. The van der Waals surface area contributed by atoms with Gasteiger partial charge in [0.25, 0.3) is 0 Å². The van der Waals surface area contributed by atoms with Gasteiger partial charge in [-0.3, -0.25) is 0 Å². The summed E-state index contributed by atoms with van der Waals surface area (Å²) in [5, 5.41) is 0.742. The third-order valence-electron chi connectivity index (χ3n) is 8.30. The van der Waals surface area contributed by atoms with Gasteiger partial charge in [-0.1, -0.05) is 60.7 Å². The van der Waals surface area contributed by atoms with Crippen LogP contribution in [0.2, 0.25) is 0 Å². The van der Waals surface area contributed by atoms with Gasteiger partial charge in [0.1, 0.15) is 30.2 Å². The minimum Gasteiger partial charge on any atom is -0.494 e. The number of benzene rings is 4. The summed E-state index contributed by atoms with van der Waals surface area (Å²) in [6.45, 7) is 2.65. The third kappa shape index (κ3) is 6.80. The molecule has 10 heteroatoms. The SMILES string of the molecule is COc1ccc(-c2c(C)c(OCc3ccccc3)nc(-c3ccc4c(OC)c(OC)cc(OC)c4n3)c2I)c(OCc2ccccc2)c1OC. The summed E-state index contributed by atoms with van der Waals surface area (Å²) in [6, 6.07) is 29.5. The number of methoxy groups -OCH3 is 5. The predicted octanol–water partition coefficient (Wildman–Crippen LogP) is 9.08. The fourth-order valence-electron chi connectivity index (χ4n) is 5.81. The van der Waals surface area contributed by atoms with E-state index in [1.165, 1.54) is 0 Å². The number of pyridine rings is 2. The fourth-order valence-corrected chi connectivity index (χ4v) is 6.91. The van der Waals surface area contributed by atoms with Crippen molar-refractivity contribution >= 4 is 33.5 Å². The second kappa shape index (κ2) is 15.5. The Bertz CT molecular complexity index is 2130. The zero-order chi connectivity index (χ0) is 35.2. The Kier molecular flexibility index (Phi) is 10.8. The normalized spacial score (nSPS) is 10.9. The first-order valence-electron chi connectivity index (χ1n) is 15.8. The van der Waals surface area contributed by atoms with Gasteiger partial charge in [-0.05, 0) is 64.9 Å². The molecule has 0 spiro atoms. The average Bonchev–Trinajstić information content (AvgIpc) is 3.16. The molecule has 2 heterocycles. The molecule has 0 aliphatic rings. The van der Waals surface area contributed by atoms with E-state index in [2.05, 4.69) is 22.6 Å². The second-order valence-corrected chi connectivity index (χ2v) is 12.3. The van der Waals surface area contributed by atoms with Crippen molar-refractivity contribution in [3.05, 3.63) is 111 Å². The topological polar surface area (TPSA) is 90.4 Å². The lowest BCUT2D eigenvalue weighted by atomic mass is 9.98. The average molecular weight is 785 g/mol. The van der Waals surface area contributed by atoms with Crippen molar-refractivity contribution in [3.63, 3.8) is 0 Å². The van der Waals surface area contributed by atoms with Crippen LogP contribution in [0, 0.1) is 10.5 Å². The van der Waals surface area contributed by atoms with Gasteiger partial charge in [-0.2, -0.15) is 0 Å². The van der Waals surface area contributed by atoms with Crippen molar-refractivity contribution in [2.45, 2.75) is 20.1 Å². The Hall–Kier alpha value is -5.23. The van der Waals surface area contributed by atoms with Crippen molar-refractivity contribution in [2.24, 2.45) is 0 Å². The van der Waals surface area contributed by atoms with Crippen molar-refractivity contribution < 1.29 is 33.2 Å². The van der Waals surface area contributed by atoms with Crippen molar-refractivity contribution in [1.29, 1.82) is 0 Å². The summed E-state index contributed by atoms with van der Waals surface area (Å²) in [7, 11) is 8.01. The van der Waals surface area contributed by atoms with Crippen LogP contribution < -0.4 is 33.2 Å². The highest BCUT2D eigenvalue weighted by molar-refractivity contribution is 14.1. The summed E-state index contributed by atoms with van der Waals surface area (Å²) >= 11 is 2.33. The Morgan fingerprint density at radius 2 is 1.20 bits per heavy atom. The van der Waals surface area contributed by atoms with Crippen LogP contribution in [0.3, 0.4) is 0 Å². The summed E-state index contributed by atoms with van der Waals surface area (Å²) < 4.78 is 42.6. The molecular formula is C40H37IN2O7. The highest BCUT2D eigenvalue weighted by Gasteiger charge is 2.27. The molecule has 4 aromatic carbocycles. The Balaban J connectivity index is 1.58. The summed E-state index contributed by atoms with van der Waals surface area (Å²) in [5.41, 5.74) is 6.36.